The van der Waals surface area contributed by atoms with Crippen LogP contribution in [0.15, 0.2) is 34.9 Å². The molecule has 1 aromatic heterocycles. The summed E-state index contributed by atoms with van der Waals surface area (Å²) in [5.74, 6) is 0.0342. The van der Waals surface area contributed by atoms with Crippen molar-refractivity contribution in [1.29, 1.82) is 0 Å². The van der Waals surface area contributed by atoms with Gasteiger partial charge in [0.1, 0.15) is 11.0 Å². The van der Waals surface area contributed by atoms with Crippen molar-refractivity contribution >= 4 is 27.5 Å². The fourth-order valence-corrected chi connectivity index (χ4v) is 2.87. The molecule has 26 heavy (non-hydrogen) atoms. The number of nitrogens with zero attached hydrogens (tertiary/aromatic N) is 1. The van der Waals surface area contributed by atoms with E-state index in [0.717, 1.165) is 0 Å². The van der Waals surface area contributed by atoms with Crippen molar-refractivity contribution in [2.24, 2.45) is 0 Å². The molecule has 0 saturated carbocycles. The third kappa shape index (κ3) is 6.40. The average Bonchev–Trinajstić information content (AvgIpc) is 3.09. The molecule has 2 aromatic rings. The number of oxazole rings is 1. The summed E-state index contributed by atoms with van der Waals surface area (Å²) in [6.45, 7) is 0.525. The maximum atomic E-state index is 13.7. The second-order valence-corrected chi connectivity index (χ2v) is 7.81. The van der Waals surface area contributed by atoms with Crippen molar-refractivity contribution in [1.82, 2.24) is 15.0 Å². The van der Waals surface area contributed by atoms with Gasteiger partial charge in [-0.2, -0.15) is 0 Å². The summed E-state index contributed by atoms with van der Waals surface area (Å²) in [5, 5.41) is 2.17. The molecule has 142 valence electrons. The molecule has 0 fully saturated rings. The summed E-state index contributed by atoms with van der Waals surface area (Å²) in [6.07, 6.45) is 2.30. The highest BCUT2D eigenvalue weighted by Gasteiger charge is 2.12. The fraction of sp³-hybridized carbons (Fsp3) is 0.375. The second-order valence-electron chi connectivity index (χ2n) is 5.42. The monoisotopic (exact) mass is 403 g/mol. The Morgan fingerprint density at radius 2 is 2.04 bits per heavy atom. The Hall–Kier alpha value is -1.97. The van der Waals surface area contributed by atoms with Crippen LogP contribution in [0, 0.1) is 5.82 Å². The molecule has 1 heterocycles. The molecule has 2 N–H and O–H groups in total. The number of benzene rings is 1. The van der Waals surface area contributed by atoms with Crippen molar-refractivity contribution in [3.63, 3.8) is 0 Å². The Balaban J connectivity index is 1.71. The molecule has 0 bridgehead atoms. The lowest BCUT2D eigenvalue weighted by atomic mass is 10.2. The predicted molar refractivity (Wildman–Crippen MR) is 95.5 cm³/mol. The number of aryl methyl sites for hydroxylation is 1. The summed E-state index contributed by atoms with van der Waals surface area (Å²) >= 11 is 5.25. The summed E-state index contributed by atoms with van der Waals surface area (Å²) in [5.41, 5.74) is 0.315. The Kier molecular flexibility index (Phi) is 7.55. The average molecular weight is 404 g/mol. The highest BCUT2D eigenvalue weighted by Crippen LogP contribution is 2.23. The number of nitrogens with one attached hydrogen (secondary N) is 2. The van der Waals surface area contributed by atoms with Gasteiger partial charge in [-0.1, -0.05) is 12.1 Å². The SMILES string of the molecule is O=C(CCc1ncc(-c2ccccc2F)o1)NCCCNS(=O)(=O)CCl. The van der Waals surface area contributed by atoms with Crippen molar-refractivity contribution in [2.45, 2.75) is 19.3 Å². The van der Waals surface area contributed by atoms with E-state index in [0.29, 0.717) is 30.2 Å². The number of alkyl halides is 1. The van der Waals surface area contributed by atoms with Crippen molar-refractivity contribution in [3.8, 4) is 11.3 Å². The molecule has 1 aromatic carbocycles. The van der Waals surface area contributed by atoms with E-state index in [9.17, 15) is 17.6 Å². The first-order valence-corrected chi connectivity index (χ1v) is 10.1. The maximum Gasteiger partial charge on any atom is 0.225 e. The van der Waals surface area contributed by atoms with Gasteiger partial charge in [0, 0.05) is 25.9 Å². The molecule has 0 unspecified atom stereocenters. The van der Waals surface area contributed by atoms with Crippen LogP contribution in [0.2, 0.25) is 0 Å². The number of hydrogen-bond acceptors (Lipinski definition) is 5. The van der Waals surface area contributed by atoms with E-state index >= 15 is 0 Å². The molecule has 1 amide bonds. The van der Waals surface area contributed by atoms with Crippen LogP contribution in [0.3, 0.4) is 0 Å². The number of halogens is 2. The highest BCUT2D eigenvalue weighted by molar-refractivity contribution is 7.90. The van der Waals surface area contributed by atoms with Gasteiger partial charge in [0.05, 0.1) is 11.8 Å². The number of carbonyl (C=O) groups is 1. The minimum atomic E-state index is -3.43. The normalized spacial score (nSPS) is 11.5. The number of aromatic nitrogens is 1. The van der Waals surface area contributed by atoms with Gasteiger partial charge in [-0.3, -0.25) is 4.79 Å². The van der Waals surface area contributed by atoms with Gasteiger partial charge in [0.15, 0.2) is 11.7 Å². The Labute approximate surface area is 156 Å². The van der Waals surface area contributed by atoms with E-state index in [-0.39, 0.29) is 25.3 Å². The van der Waals surface area contributed by atoms with Gasteiger partial charge in [0.2, 0.25) is 15.9 Å². The lowest BCUT2D eigenvalue weighted by molar-refractivity contribution is -0.121. The van der Waals surface area contributed by atoms with Crippen LogP contribution in [0.1, 0.15) is 18.7 Å². The first-order chi connectivity index (χ1) is 12.4. The molecule has 0 radical (unpaired) electrons. The zero-order chi connectivity index (χ0) is 19.0. The molecular formula is C16H19ClFN3O4S. The second kappa shape index (κ2) is 9.65. The van der Waals surface area contributed by atoms with Crippen LogP contribution < -0.4 is 10.0 Å². The zero-order valence-electron chi connectivity index (χ0n) is 13.9. The summed E-state index contributed by atoms with van der Waals surface area (Å²) < 4.78 is 43.7. The van der Waals surface area contributed by atoms with Crippen molar-refractivity contribution in [2.75, 3.05) is 18.3 Å². The van der Waals surface area contributed by atoms with Crippen LogP contribution >= 0.6 is 11.6 Å². The topological polar surface area (TPSA) is 101 Å². The van der Waals surface area contributed by atoms with Gasteiger partial charge >= 0.3 is 0 Å². The fourth-order valence-electron chi connectivity index (χ4n) is 2.10. The minimum Gasteiger partial charge on any atom is -0.441 e. The van der Waals surface area contributed by atoms with E-state index in [1.54, 1.807) is 18.2 Å². The molecule has 0 aliphatic heterocycles. The number of carbonyl (C=O) groups excluding carboxylic acids is 1. The molecule has 0 spiro atoms. The third-order valence-corrected chi connectivity index (χ3v) is 5.19. The quantitative estimate of drug-likeness (QED) is 0.467. The van der Waals surface area contributed by atoms with Gasteiger partial charge in [-0.15, -0.1) is 11.6 Å². The largest absolute Gasteiger partial charge is 0.441 e. The van der Waals surface area contributed by atoms with Gasteiger partial charge in [0.25, 0.3) is 0 Å². The van der Waals surface area contributed by atoms with E-state index in [1.807, 2.05) is 0 Å². The van der Waals surface area contributed by atoms with Crippen LogP contribution in [0.5, 0.6) is 0 Å². The minimum absolute atomic E-state index is 0.157. The van der Waals surface area contributed by atoms with E-state index in [2.05, 4.69) is 15.0 Å². The molecule has 0 aliphatic carbocycles. The smallest absolute Gasteiger partial charge is 0.225 e. The lowest BCUT2D eigenvalue weighted by Gasteiger charge is -2.05. The standard InChI is InChI=1S/C16H19ClFN3O4S/c17-11-26(23,24)21-9-3-8-19-15(22)6-7-16-20-10-14(25-16)12-4-1-2-5-13(12)18/h1-2,4-5,10,21H,3,6-9,11H2,(H,19,22). The zero-order valence-corrected chi connectivity index (χ0v) is 15.4. The first-order valence-electron chi connectivity index (χ1n) is 7.91. The first kappa shape index (κ1) is 20.3. The van der Waals surface area contributed by atoms with E-state index in [1.165, 1.54) is 12.3 Å². The van der Waals surface area contributed by atoms with E-state index < -0.39 is 21.1 Å². The van der Waals surface area contributed by atoms with Crippen LogP contribution in [0.4, 0.5) is 4.39 Å². The third-order valence-electron chi connectivity index (χ3n) is 3.40. The van der Waals surface area contributed by atoms with E-state index in [4.69, 9.17) is 16.0 Å². The molecule has 0 aliphatic rings. The van der Waals surface area contributed by atoms with Crippen LogP contribution in [-0.2, 0) is 21.2 Å². The molecule has 0 atom stereocenters. The molecule has 10 heteroatoms. The summed E-state index contributed by atoms with van der Waals surface area (Å²) in [6, 6.07) is 6.20. The molecule has 7 nitrogen and oxygen atoms in total. The van der Waals surface area contributed by atoms with Crippen molar-refractivity contribution in [3.05, 3.63) is 42.2 Å². The molecule has 0 saturated heterocycles. The number of hydrogen-bond donors (Lipinski definition) is 2. The van der Waals surface area contributed by atoms with Gasteiger partial charge in [-0.05, 0) is 18.6 Å². The summed E-state index contributed by atoms with van der Waals surface area (Å²) in [7, 11) is -3.43. The molecular weight excluding hydrogens is 385 g/mol. The Morgan fingerprint density at radius 1 is 1.27 bits per heavy atom. The Bertz CT molecular complexity index is 842. The Morgan fingerprint density at radius 3 is 2.77 bits per heavy atom. The van der Waals surface area contributed by atoms with Gasteiger partial charge in [-0.25, -0.2) is 22.5 Å². The maximum absolute atomic E-state index is 13.7. The highest BCUT2D eigenvalue weighted by atomic mass is 35.5. The number of amides is 1. The van der Waals surface area contributed by atoms with Crippen molar-refractivity contribution < 1.29 is 22.0 Å². The number of rotatable bonds is 10. The van der Waals surface area contributed by atoms with Gasteiger partial charge < -0.3 is 9.73 Å². The van der Waals surface area contributed by atoms with Crippen LogP contribution in [0.25, 0.3) is 11.3 Å². The number of sulfonamides is 1. The predicted octanol–water partition coefficient (Wildman–Crippen LogP) is 2.04. The summed E-state index contributed by atoms with van der Waals surface area (Å²) in [4.78, 5) is 15.8. The lowest BCUT2D eigenvalue weighted by Crippen LogP contribution is -2.30. The molecule has 2 rings (SSSR count). The van der Waals surface area contributed by atoms with Crippen LogP contribution in [-0.4, -0.2) is 37.6 Å².